The van der Waals surface area contributed by atoms with Crippen molar-refractivity contribution in [1.29, 1.82) is 0 Å². The molecule has 0 aliphatic heterocycles. The van der Waals surface area contributed by atoms with Crippen LogP contribution in [0.1, 0.15) is 42.0 Å². The highest BCUT2D eigenvalue weighted by molar-refractivity contribution is 6.00. The van der Waals surface area contributed by atoms with Crippen LogP contribution in [0, 0.1) is 5.82 Å². The van der Waals surface area contributed by atoms with Crippen LogP contribution in [0.3, 0.4) is 0 Å². The lowest BCUT2D eigenvalue weighted by Crippen LogP contribution is -2.39. The maximum Gasteiger partial charge on any atom is 0.419 e. The largest absolute Gasteiger partial charge is 0.419 e. The van der Waals surface area contributed by atoms with Gasteiger partial charge in [0.05, 0.1) is 16.7 Å². The second kappa shape index (κ2) is 9.80. The molecule has 6 nitrogen and oxygen atoms in total. The molecule has 168 valence electrons. The molecule has 0 saturated heterocycles. The number of rotatable bonds is 7. The molecule has 1 aromatic carbocycles. The van der Waals surface area contributed by atoms with Crippen molar-refractivity contribution in [3.8, 4) is 11.4 Å². The highest BCUT2D eigenvalue weighted by Gasteiger charge is 2.31. The lowest BCUT2D eigenvalue weighted by molar-refractivity contribution is -0.138. The maximum atomic E-state index is 14.6. The van der Waals surface area contributed by atoms with Crippen LogP contribution in [0.15, 0.2) is 49.1 Å². The monoisotopic (exact) mass is 447 g/mol. The zero-order valence-electron chi connectivity index (χ0n) is 17.5. The van der Waals surface area contributed by atoms with Gasteiger partial charge in [-0.15, -0.1) is 0 Å². The van der Waals surface area contributed by atoms with E-state index in [-0.39, 0.29) is 35.2 Å². The molecule has 2 aromatic heterocycles. The minimum Gasteiger partial charge on any atom is -0.336 e. The summed E-state index contributed by atoms with van der Waals surface area (Å²) in [5.41, 5.74) is -0.757. The van der Waals surface area contributed by atoms with E-state index in [1.54, 1.807) is 17.9 Å². The van der Waals surface area contributed by atoms with Gasteiger partial charge in [0.25, 0.3) is 5.91 Å². The third kappa shape index (κ3) is 5.24. The summed E-state index contributed by atoms with van der Waals surface area (Å²) in [6.07, 6.45) is 0.616. The van der Waals surface area contributed by atoms with Gasteiger partial charge in [-0.2, -0.15) is 13.2 Å². The first-order chi connectivity index (χ1) is 15.2. The number of carbonyl (C=O) groups excluding carboxylic acids is 1. The van der Waals surface area contributed by atoms with Crippen molar-refractivity contribution in [2.24, 2.45) is 0 Å². The van der Waals surface area contributed by atoms with Crippen molar-refractivity contribution in [2.45, 2.75) is 38.9 Å². The van der Waals surface area contributed by atoms with Crippen LogP contribution in [0.4, 0.5) is 17.6 Å². The van der Waals surface area contributed by atoms with Crippen molar-refractivity contribution in [3.05, 3.63) is 71.8 Å². The molecular formula is C22H21F4N5O. The molecule has 0 spiro atoms. The van der Waals surface area contributed by atoms with E-state index in [1.165, 1.54) is 30.6 Å². The summed E-state index contributed by atoms with van der Waals surface area (Å²) in [5.74, 6) is -0.646. The first-order valence-corrected chi connectivity index (χ1v) is 9.97. The molecule has 0 N–H and O–H groups in total. The third-order valence-corrected chi connectivity index (χ3v) is 4.99. The summed E-state index contributed by atoms with van der Waals surface area (Å²) in [6.45, 7) is 3.95. The molecule has 0 saturated carbocycles. The number of benzene rings is 1. The highest BCUT2D eigenvalue weighted by atomic mass is 19.4. The second-order valence-corrected chi connectivity index (χ2v) is 7.10. The number of aromatic nitrogens is 4. The van der Waals surface area contributed by atoms with Crippen LogP contribution in [-0.2, 0) is 12.6 Å². The van der Waals surface area contributed by atoms with Gasteiger partial charge in [0, 0.05) is 43.8 Å². The lowest BCUT2D eigenvalue weighted by Gasteiger charge is -2.29. The zero-order valence-corrected chi connectivity index (χ0v) is 17.5. The number of amides is 1. The summed E-state index contributed by atoms with van der Waals surface area (Å²) in [5, 5.41) is 0. The average Bonchev–Trinajstić information content (AvgIpc) is 2.78. The number of hydrogen-bond acceptors (Lipinski definition) is 5. The van der Waals surface area contributed by atoms with Crippen LogP contribution >= 0.6 is 0 Å². The van der Waals surface area contributed by atoms with E-state index >= 15 is 0 Å². The Morgan fingerprint density at radius 1 is 1.06 bits per heavy atom. The Morgan fingerprint density at radius 2 is 1.72 bits per heavy atom. The van der Waals surface area contributed by atoms with Gasteiger partial charge in [-0.3, -0.25) is 4.79 Å². The van der Waals surface area contributed by atoms with Crippen molar-refractivity contribution in [3.63, 3.8) is 0 Å². The molecule has 3 aromatic rings. The number of hydrogen-bond donors (Lipinski definition) is 0. The van der Waals surface area contributed by atoms with E-state index in [4.69, 9.17) is 0 Å². The molecule has 1 amide bonds. The van der Waals surface area contributed by atoms with Gasteiger partial charge in [0.15, 0.2) is 5.82 Å². The quantitative estimate of drug-likeness (QED) is 0.496. The van der Waals surface area contributed by atoms with E-state index in [0.717, 1.165) is 12.4 Å². The molecule has 0 bridgehead atoms. The van der Waals surface area contributed by atoms with Crippen LogP contribution < -0.4 is 0 Å². The molecule has 0 fully saturated rings. The van der Waals surface area contributed by atoms with Crippen LogP contribution in [0.2, 0.25) is 0 Å². The van der Waals surface area contributed by atoms with Crippen molar-refractivity contribution >= 4 is 5.91 Å². The third-order valence-electron chi connectivity index (χ3n) is 4.99. The minimum absolute atomic E-state index is 0.0230. The van der Waals surface area contributed by atoms with Gasteiger partial charge in [0.2, 0.25) is 0 Å². The van der Waals surface area contributed by atoms with Gasteiger partial charge in [-0.1, -0.05) is 6.07 Å². The Balaban J connectivity index is 1.77. The number of aryl methyl sites for hydroxylation is 1. The Bertz CT molecular complexity index is 1060. The topological polar surface area (TPSA) is 71.9 Å². The molecule has 10 heteroatoms. The van der Waals surface area contributed by atoms with Crippen molar-refractivity contribution in [2.75, 3.05) is 6.54 Å². The summed E-state index contributed by atoms with van der Waals surface area (Å²) in [4.78, 5) is 30.5. The summed E-state index contributed by atoms with van der Waals surface area (Å²) in [6, 6.07) is 5.50. The molecular weight excluding hydrogens is 426 g/mol. The SMILES string of the molecule is CCN(C(=O)c1cccc(F)c1-c1ncccn1)[C@@H](C)CCc1ncc(C(F)(F)F)cn1. The minimum atomic E-state index is -4.50. The Labute approximate surface area is 182 Å². The normalized spacial score (nSPS) is 12.4. The fourth-order valence-corrected chi connectivity index (χ4v) is 3.29. The Kier molecular flexibility index (Phi) is 7.12. The molecule has 0 aliphatic rings. The first kappa shape index (κ1) is 23.2. The number of alkyl halides is 3. The first-order valence-electron chi connectivity index (χ1n) is 9.97. The van der Waals surface area contributed by atoms with Crippen LogP contribution in [0.5, 0.6) is 0 Å². The zero-order chi connectivity index (χ0) is 23.3. The van der Waals surface area contributed by atoms with E-state index in [1.807, 2.05) is 6.92 Å². The van der Waals surface area contributed by atoms with E-state index in [0.29, 0.717) is 13.0 Å². The predicted octanol–water partition coefficient (Wildman–Crippen LogP) is 4.57. The Hall–Kier alpha value is -3.43. The molecule has 1 atom stereocenters. The molecule has 2 heterocycles. The summed E-state index contributed by atoms with van der Waals surface area (Å²) >= 11 is 0. The fraction of sp³-hybridized carbons (Fsp3) is 0.318. The van der Waals surface area contributed by atoms with Crippen LogP contribution in [-0.4, -0.2) is 43.3 Å². The maximum absolute atomic E-state index is 14.6. The van der Waals surface area contributed by atoms with E-state index in [2.05, 4.69) is 19.9 Å². The van der Waals surface area contributed by atoms with Crippen LogP contribution in [0.25, 0.3) is 11.4 Å². The fourth-order valence-electron chi connectivity index (χ4n) is 3.29. The van der Waals surface area contributed by atoms with Gasteiger partial charge in [-0.05, 0) is 38.5 Å². The summed E-state index contributed by atoms with van der Waals surface area (Å²) in [7, 11) is 0. The number of halogens is 4. The average molecular weight is 447 g/mol. The summed E-state index contributed by atoms with van der Waals surface area (Å²) < 4.78 is 52.6. The highest BCUT2D eigenvalue weighted by Crippen LogP contribution is 2.28. The predicted molar refractivity (Wildman–Crippen MR) is 109 cm³/mol. The van der Waals surface area contributed by atoms with E-state index in [9.17, 15) is 22.4 Å². The second-order valence-electron chi connectivity index (χ2n) is 7.10. The van der Waals surface area contributed by atoms with Gasteiger partial charge in [-0.25, -0.2) is 24.3 Å². The molecule has 3 rings (SSSR count). The molecule has 32 heavy (non-hydrogen) atoms. The smallest absolute Gasteiger partial charge is 0.336 e. The molecule has 0 unspecified atom stereocenters. The lowest BCUT2D eigenvalue weighted by atomic mass is 10.0. The standard InChI is InChI=1S/C22H21F4N5O/c1-3-31(14(2)8-9-18-29-12-15(13-30-18)22(24,25)26)21(32)16-6-4-7-17(23)19(16)20-27-10-5-11-28-20/h4-7,10-14H,3,8-9H2,1-2H3/t14-/m0/s1. The van der Waals surface area contributed by atoms with Gasteiger partial charge >= 0.3 is 6.18 Å². The van der Waals surface area contributed by atoms with Gasteiger partial charge in [0.1, 0.15) is 11.6 Å². The van der Waals surface area contributed by atoms with Crippen molar-refractivity contribution < 1.29 is 22.4 Å². The van der Waals surface area contributed by atoms with E-state index < -0.39 is 23.5 Å². The van der Waals surface area contributed by atoms with Gasteiger partial charge < -0.3 is 4.90 Å². The molecule has 0 radical (unpaired) electrons. The number of carbonyl (C=O) groups is 1. The Morgan fingerprint density at radius 3 is 2.31 bits per heavy atom. The number of nitrogens with zero attached hydrogens (tertiary/aromatic N) is 5. The molecule has 0 aliphatic carbocycles. The van der Waals surface area contributed by atoms with Crippen molar-refractivity contribution in [1.82, 2.24) is 24.8 Å².